The molecule has 0 saturated heterocycles. The summed E-state index contributed by atoms with van der Waals surface area (Å²) < 4.78 is 145. The quantitative estimate of drug-likeness (QED) is 0.0557. The van der Waals surface area contributed by atoms with Gasteiger partial charge in [-0.05, 0) is 449 Å². The SMILES string of the molecule is Cc1cc(C)cc(N(c2cc(-c3ccc(F)cc3)cc(-c3ccc(F)cc3)c2)c2ccc3ccc4c(N(c5cc(C)cc(C)c5)c5cc(-c6ccc(F)cc6)cc(-c6ccc(F)cc6)c5)ccc5ccc2c3c54)c1.Fc1ccc(-c2cc(-c3ccc(F)cc3)cc(N(c3ccc(F)cc3)c3ccc4ccc5c(N(c6ccc(F)cc6)c6cc(-c7ccc(F)cc7)cc(-c7ccc(F)cc7)c6)ccc6ccc3c4c65)c2)cc1. The number of hydrogen-bond donors (Lipinski definition) is 0. The largest absolute Gasteiger partial charge is 0.310 e. The van der Waals surface area contributed by atoms with Crippen molar-refractivity contribution in [2.45, 2.75) is 27.7 Å². The summed E-state index contributed by atoms with van der Waals surface area (Å²) in [5.74, 6) is -3.53. The number of rotatable bonds is 20. The van der Waals surface area contributed by atoms with Crippen LogP contribution in [-0.2, 0) is 0 Å². The molecule has 0 aliphatic carbocycles. The molecule has 0 spiro atoms. The highest BCUT2D eigenvalue weighted by Gasteiger charge is 2.29. The third kappa shape index (κ3) is 18.0. The van der Waals surface area contributed by atoms with Gasteiger partial charge in [-0.3, -0.25) is 0 Å². The van der Waals surface area contributed by atoms with Crippen LogP contribution in [0, 0.1) is 85.9 Å². The lowest BCUT2D eigenvalue weighted by atomic mass is 9.91. The molecule has 704 valence electrons. The first kappa shape index (κ1) is 91.6. The van der Waals surface area contributed by atoms with Crippen LogP contribution in [0.4, 0.5) is 112 Å². The van der Waals surface area contributed by atoms with E-state index >= 15 is 0 Å². The molecule has 24 aromatic carbocycles. The molecule has 24 rings (SSSR count). The number of hydrogen-bond acceptors (Lipinski definition) is 4. The molecule has 0 unspecified atom stereocenters. The first-order valence-electron chi connectivity index (χ1n) is 48.0. The zero-order valence-electron chi connectivity index (χ0n) is 79.3. The zero-order chi connectivity index (χ0) is 99.8. The molecule has 0 aliphatic rings. The Morgan fingerprint density at radius 3 is 0.438 bits per heavy atom. The van der Waals surface area contributed by atoms with Crippen LogP contribution in [0.15, 0.2) is 449 Å². The van der Waals surface area contributed by atoms with Gasteiger partial charge in [0.1, 0.15) is 58.2 Å². The van der Waals surface area contributed by atoms with Crippen molar-refractivity contribution >= 4 is 133 Å². The summed E-state index contributed by atoms with van der Waals surface area (Å²) in [5.41, 5.74) is 27.6. The maximum atomic E-state index is 14.8. The normalized spacial score (nSPS) is 11.5. The van der Waals surface area contributed by atoms with Gasteiger partial charge >= 0.3 is 0 Å². The Balaban J connectivity index is 0.000000161. The minimum atomic E-state index is -0.396. The fourth-order valence-corrected chi connectivity index (χ4v) is 20.8. The van der Waals surface area contributed by atoms with Crippen molar-refractivity contribution in [3.63, 3.8) is 0 Å². The van der Waals surface area contributed by atoms with Crippen LogP contribution in [-0.4, -0.2) is 0 Å². The average Bonchev–Trinajstić information content (AvgIpc) is 0.719. The van der Waals surface area contributed by atoms with Gasteiger partial charge in [0, 0.05) is 67.0 Å². The van der Waals surface area contributed by atoms with E-state index in [4.69, 9.17) is 0 Å². The van der Waals surface area contributed by atoms with Crippen molar-refractivity contribution in [2.24, 2.45) is 0 Å². The first-order valence-corrected chi connectivity index (χ1v) is 48.0. The van der Waals surface area contributed by atoms with E-state index in [0.29, 0.717) is 11.4 Å². The lowest BCUT2D eigenvalue weighted by Crippen LogP contribution is -2.12. The van der Waals surface area contributed by atoms with E-state index in [1.165, 1.54) is 121 Å². The summed E-state index contributed by atoms with van der Waals surface area (Å²) in [7, 11) is 0. The minimum absolute atomic E-state index is 0.317. The lowest BCUT2D eigenvalue weighted by molar-refractivity contribution is 0.627. The van der Waals surface area contributed by atoms with E-state index in [2.05, 4.69) is 217 Å². The average molecular weight is 1920 g/mol. The van der Waals surface area contributed by atoms with Gasteiger partial charge in [-0.25, -0.2) is 43.9 Å². The molecule has 0 aliphatic heterocycles. The number of anilines is 12. The maximum absolute atomic E-state index is 14.8. The minimum Gasteiger partial charge on any atom is -0.310 e. The Labute approximate surface area is 837 Å². The molecule has 0 heterocycles. The maximum Gasteiger partial charge on any atom is 0.123 e. The van der Waals surface area contributed by atoms with Crippen LogP contribution in [0.25, 0.3) is 154 Å². The van der Waals surface area contributed by atoms with Gasteiger partial charge < -0.3 is 19.6 Å². The van der Waals surface area contributed by atoms with Gasteiger partial charge in [-0.1, -0.05) is 182 Å². The molecule has 0 bridgehead atoms. The van der Waals surface area contributed by atoms with Gasteiger partial charge in [-0.15, -0.1) is 0 Å². The lowest BCUT2D eigenvalue weighted by Gasteiger charge is -2.31. The smallest absolute Gasteiger partial charge is 0.123 e. The van der Waals surface area contributed by atoms with Crippen molar-refractivity contribution in [1.82, 2.24) is 0 Å². The molecule has 24 aromatic rings. The zero-order valence-corrected chi connectivity index (χ0v) is 79.3. The summed E-state index contributed by atoms with van der Waals surface area (Å²) in [6.07, 6.45) is 0. The predicted molar refractivity (Wildman–Crippen MR) is 581 cm³/mol. The van der Waals surface area contributed by atoms with Crippen molar-refractivity contribution in [2.75, 3.05) is 19.6 Å². The molecular formula is C132H86F10N4. The highest BCUT2D eigenvalue weighted by Crippen LogP contribution is 2.54. The van der Waals surface area contributed by atoms with Crippen molar-refractivity contribution in [1.29, 1.82) is 0 Å². The number of halogens is 10. The van der Waals surface area contributed by atoms with Crippen LogP contribution < -0.4 is 19.6 Å². The van der Waals surface area contributed by atoms with Gasteiger partial charge in [0.2, 0.25) is 0 Å². The summed E-state index contributed by atoms with van der Waals surface area (Å²) in [6, 6.07) is 136. The Hall–Kier alpha value is -18.1. The number of nitrogens with zero attached hydrogens (tertiary/aromatic N) is 4. The van der Waals surface area contributed by atoms with Crippen LogP contribution in [0.1, 0.15) is 22.3 Å². The van der Waals surface area contributed by atoms with Crippen molar-refractivity contribution in [3.05, 3.63) is 529 Å². The van der Waals surface area contributed by atoms with Crippen LogP contribution in [0.2, 0.25) is 0 Å². The molecule has 0 radical (unpaired) electrons. The van der Waals surface area contributed by atoms with Gasteiger partial charge in [0.25, 0.3) is 0 Å². The summed E-state index contributed by atoms with van der Waals surface area (Å²) >= 11 is 0. The van der Waals surface area contributed by atoms with E-state index in [1.54, 1.807) is 121 Å². The van der Waals surface area contributed by atoms with E-state index < -0.39 is 11.6 Å². The second kappa shape index (κ2) is 38.0. The van der Waals surface area contributed by atoms with E-state index in [0.717, 1.165) is 233 Å². The topological polar surface area (TPSA) is 13.0 Å². The van der Waals surface area contributed by atoms with E-state index in [9.17, 15) is 43.9 Å². The molecular weight excluding hydrogens is 1830 g/mol. The molecule has 146 heavy (non-hydrogen) atoms. The Kier molecular flexibility index (Phi) is 23.9. The molecule has 0 aromatic heterocycles. The van der Waals surface area contributed by atoms with Crippen LogP contribution in [0.5, 0.6) is 0 Å². The monoisotopic (exact) mass is 1920 g/mol. The highest BCUT2D eigenvalue weighted by atomic mass is 19.2. The molecule has 4 nitrogen and oxygen atoms in total. The summed E-state index contributed by atoms with van der Waals surface area (Å²) in [5, 5.41) is 12.1. The predicted octanol–water partition coefficient (Wildman–Crippen LogP) is 39.0. The second-order valence-corrected chi connectivity index (χ2v) is 37.3. The van der Waals surface area contributed by atoms with Gasteiger partial charge in [-0.2, -0.15) is 0 Å². The van der Waals surface area contributed by atoms with Gasteiger partial charge in [0.15, 0.2) is 0 Å². The summed E-state index contributed by atoms with van der Waals surface area (Å²) in [4.78, 5) is 8.78. The Morgan fingerprint density at radius 2 is 0.267 bits per heavy atom. The molecule has 14 heteroatoms. The highest BCUT2D eigenvalue weighted by molar-refractivity contribution is 6.30. The van der Waals surface area contributed by atoms with Crippen molar-refractivity contribution in [3.8, 4) is 89.0 Å². The third-order valence-electron chi connectivity index (χ3n) is 27.4. The standard InChI is InChI=1S/C68H48F4N2.C64H38F6N2/c1-41-29-42(2)32-59(31-41)73(61-37-51(45-5-17-55(69)18-6-45)35-52(38-61)46-7-19-56(70)20-8-46)65-27-15-49-14-26-64-66(28-16-50-13-25-63(65)67(49)68(50)64)74(60-33-43(3)30-44(4)34-60)62-39-53(47-9-21-57(71)22-10-47)36-54(40-62)48-11-23-58(72)24-12-48;65-49-13-1-39(2-14-49)45-33-46(40-3-15-50(66)16-4-40)36-57(35-45)71(55-25-21-53(69)22-26-55)61-31-11-43-10-30-60-62(32-12-44-9-29-59(61)63(43)64(44)60)72(56-27-23-54(70)24-28-56)58-37-47(41-5-17-51(67)18-6-41)34-48(38-58)42-7-19-52(68)20-8-42/h5-40H,1-4H3;1-38H. The Morgan fingerprint density at radius 1 is 0.123 bits per heavy atom. The first-order chi connectivity index (χ1) is 71.0. The van der Waals surface area contributed by atoms with E-state index in [-0.39, 0.29) is 46.5 Å². The van der Waals surface area contributed by atoms with Crippen LogP contribution in [0.3, 0.4) is 0 Å². The molecule has 0 saturated carbocycles. The summed E-state index contributed by atoms with van der Waals surface area (Å²) in [6.45, 7) is 8.44. The third-order valence-corrected chi connectivity index (χ3v) is 27.4. The van der Waals surface area contributed by atoms with E-state index in [1.807, 2.05) is 36.4 Å². The molecule has 0 N–H and O–H groups in total. The fourth-order valence-electron chi connectivity index (χ4n) is 20.8. The second-order valence-electron chi connectivity index (χ2n) is 37.3. The van der Waals surface area contributed by atoms with Gasteiger partial charge in [0.05, 0.1) is 22.7 Å². The molecule has 0 fully saturated rings. The molecule has 0 atom stereocenters. The van der Waals surface area contributed by atoms with Crippen molar-refractivity contribution < 1.29 is 43.9 Å². The fraction of sp³-hybridized carbons (Fsp3) is 0.0303. The number of aryl methyl sites for hydroxylation is 4. The number of benzene rings is 24. The molecule has 0 amide bonds. The Bertz CT molecular complexity index is 8280. The van der Waals surface area contributed by atoms with Crippen LogP contribution >= 0.6 is 0 Å².